The van der Waals surface area contributed by atoms with Gasteiger partial charge in [0.15, 0.2) is 0 Å². The van der Waals surface area contributed by atoms with Crippen molar-refractivity contribution in [2.24, 2.45) is 0 Å². The van der Waals surface area contributed by atoms with Crippen molar-refractivity contribution >= 4 is 0 Å². The molecule has 0 aromatic heterocycles. The molecule has 0 radical (unpaired) electrons. The van der Waals surface area contributed by atoms with E-state index in [1.54, 1.807) is 0 Å². The van der Waals surface area contributed by atoms with Gasteiger partial charge in [0.2, 0.25) is 0 Å². The topological polar surface area (TPSA) is 27.7 Å². The molecule has 0 amide bonds. The molecular formula is C19H38O3. The molecule has 0 aliphatic carbocycles. The molecule has 0 aromatic rings. The SMILES string of the molecule is CCCCCCCCCCCCCCCCC1CCOOO1. The second-order valence-electron chi connectivity index (χ2n) is 6.78. The van der Waals surface area contributed by atoms with Crippen LogP contribution in [0, 0.1) is 0 Å². The average Bonchev–Trinajstić information content (AvgIpc) is 2.56. The van der Waals surface area contributed by atoms with Crippen LogP contribution >= 0.6 is 0 Å². The average molecular weight is 315 g/mol. The van der Waals surface area contributed by atoms with Crippen molar-refractivity contribution in [1.82, 2.24) is 0 Å². The molecule has 1 unspecified atom stereocenters. The molecule has 22 heavy (non-hydrogen) atoms. The predicted molar refractivity (Wildman–Crippen MR) is 91.5 cm³/mol. The zero-order chi connectivity index (χ0) is 15.7. The highest BCUT2D eigenvalue weighted by molar-refractivity contribution is 4.58. The van der Waals surface area contributed by atoms with Crippen molar-refractivity contribution in [2.75, 3.05) is 6.61 Å². The molecule has 0 saturated carbocycles. The Balaban J connectivity index is 1.68. The van der Waals surface area contributed by atoms with Gasteiger partial charge in [-0.15, -0.1) is 0 Å². The summed E-state index contributed by atoms with van der Waals surface area (Å²) in [6.07, 6.45) is 22.1. The summed E-state index contributed by atoms with van der Waals surface area (Å²) in [7, 11) is 0. The summed E-state index contributed by atoms with van der Waals surface area (Å²) in [5.41, 5.74) is 0. The molecule has 1 aliphatic rings. The van der Waals surface area contributed by atoms with E-state index in [0.717, 1.165) is 12.8 Å². The standard InChI is InChI=1S/C19H38O3/c1-2-3-4-5-6-7-8-9-10-11-12-13-14-15-16-19-17-18-20-22-21-19/h19H,2-18H2,1H3. The molecule has 1 saturated heterocycles. The Labute approximate surface area is 138 Å². The lowest BCUT2D eigenvalue weighted by Gasteiger charge is -2.19. The molecule has 0 aromatic carbocycles. The Morgan fingerprint density at radius 2 is 1.18 bits per heavy atom. The van der Waals surface area contributed by atoms with Crippen LogP contribution in [0.15, 0.2) is 0 Å². The Bertz CT molecular complexity index is 215. The molecular weight excluding hydrogens is 276 g/mol. The molecule has 1 aliphatic heterocycles. The number of hydrogen-bond donors (Lipinski definition) is 0. The summed E-state index contributed by atoms with van der Waals surface area (Å²) >= 11 is 0. The van der Waals surface area contributed by atoms with Crippen LogP contribution in [0.5, 0.6) is 0 Å². The molecule has 0 bridgehead atoms. The molecule has 1 rings (SSSR count). The zero-order valence-corrected chi connectivity index (χ0v) is 14.8. The first-order valence-electron chi connectivity index (χ1n) is 9.88. The fourth-order valence-corrected chi connectivity index (χ4v) is 3.10. The van der Waals surface area contributed by atoms with Crippen molar-refractivity contribution in [3.8, 4) is 0 Å². The third kappa shape index (κ3) is 12.4. The van der Waals surface area contributed by atoms with Gasteiger partial charge in [0, 0.05) is 6.42 Å². The van der Waals surface area contributed by atoms with Crippen LogP contribution in [-0.4, -0.2) is 12.7 Å². The van der Waals surface area contributed by atoms with Crippen LogP contribution in [-0.2, 0) is 14.8 Å². The lowest BCUT2D eigenvalue weighted by atomic mass is 10.0. The van der Waals surface area contributed by atoms with Crippen molar-refractivity contribution in [3.63, 3.8) is 0 Å². The maximum Gasteiger partial charge on any atom is 0.0984 e. The molecule has 1 atom stereocenters. The fraction of sp³-hybridized carbons (Fsp3) is 1.00. The molecule has 1 heterocycles. The monoisotopic (exact) mass is 314 g/mol. The smallest absolute Gasteiger partial charge is 0.0984 e. The van der Waals surface area contributed by atoms with Crippen LogP contribution in [0.1, 0.15) is 110 Å². The van der Waals surface area contributed by atoms with E-state index in [1.165, 1.54) is 89.9 Å². The van der Waals surface area contributed by atoms with E-state index in [4.69, 9.17) is 9.78 Å². The molecule has 1 fully saturated rings. The zero-order valence-electron chi connectivity index (χ0n) is 14.8. The minimum Gasteiger partial charge on any atom is -0.206 e. The molecule has 0 N–H and O–H groups in total. The van der Waals surface area contributed by atoms with Crippen molar-refractivity contribution in [2.45, 2.75) is 116 Å². The quantitative estimate of drug-likeness (QED) is 0.255. The fourth-order valence-electron chi connectivity index (χ4n) is 3.10. The summed E-state index contributed by atoms with van der Waals surface area (Å²) in [5, 5.41) is 4.55. The number of unbranched alkanes of at least 4 members (excludes halogenated alkanes) is 13. The van der Waals surface area contributed by atoms with Crippen LogP contribution in [0.25, 0.3) is 0 Å². The van der Waals surface area contributed by atoms with Gasteiger partial charge in [-0.25, -0.2) is 9.78 Å². The van der Waals surface area contributed by atoms with Crippen molar-refractivity contribution < 1.29 is 14.8 Å². The Hall–Kier alpha value is -0.120. The maximum absolute atomic E-state index is 5.07. The van der Waals surface area contributed by atoms with Gasteiger partial charge in [0.1, 0.15) is 0 Å². The molecule has 3 heteroatoms. The van der Waals surface area contributed by atoms with Gasteiger partial charge < -0.3 is 0 Å². The van der Waals surface area contributed by atoms with Crippen molar-refractivity contribution in [3.05, 3.63) is 0 Å². The lowest BCUT2D eigenvalue weighted by molar-refractivity contribution is -0.549. The predicted octanol–water partition coefficient (Wildman–Crippen LogP) is 6.51. The number of hydrogen-bond acceptors (Lipinski definition) is 3. The summed E-state index contributed by atoms with van der Waals surface area (Å²) in [6, 6.07) is 0. The maximum atomic E-state index is 5.07. The van der Waals surface area contributed by atoms with Crippen molar-refractivity contribution in [1.29, 1.82) is 0 Å². The van der Waals surface area contributed by atoms with Gasteiger partial charge in [0.25, 0.3) is 0 Å². The minimum absolute atomic E-state index is 0.256. The van der Waals surface area contributed by atoms with E-state index in [-0.39, 0.29) is 6.10 Å². The second-order valence-corrected chi connectivity index (χ2v) is 6.78. The minimum atomic E-state index is 0.256. The molecule has 3 nitrogen and oxygen atoms in total. The van der Waals surface area contributed by atoms with E-state index in [1.807, 2.05) is 0 Å². The van der Waals surface area contributed by atoms with E-state index < -0.39 is 0 Å². The highest BCUT2D eigenvalue weighted by atomic mass is 17.5. The van der Waals surface area contributed by atoms with E-state index in [9.17, 15) is 0 Å². The highest BCUT2D eigenvalue weighted by Gasteiger charge is 2.15. The van der Waals surface area contributed by atoms with Crippen LogP contribution in [0.3, 0.4) is 0 Å². The van der Waals surface area contributed by atoms with E-state index in [0.29, 0.717) is 6.61 Å². The molecule has 132 valence electrons. The molecule has 0 spiro atoms. The van der Waals surface area contributed by atoms with Gasteiger partial charge in [-0.05, 0) is 6.42 Å². The summed E-state index contributed by atoms with van der Waals surface area (Å²) in [6.45, 7) is 2.95. The Kier molecular flexibility index (Phi) is 14.3. The summed E-state index contributed by atoms with van der Waals surface area (Å²) in [5.74, 6) is 0. The highest BCUT2D eigenvalue weighted by Crippen LogP contribution is 2.17. The first kappa shape index (κ1) is 19.9. The van der Waals surface area contributed by atoms with E-state index in [2.05, 4.69) is 12.0 Å². The van der Waals surface area contributed by atoms with Gasteiger partial charge in [-0.3, -0.25) is 0 Å². The van der Waals surface area contributed by atoms with Gasteiger partial charge >= 0.3 is 0 Å². The normalized spacial score (nSPS) is 18.7. The van der Waals surface area contributed by atoms with Crippen LogP contribution in [0.2, 0.25) is 0 Å². The Morgan fingerprint density at radius 1 is 0.682 bits per heavy atom. The summed E-state index contributed by atoms with van der Waals surface area (Å²) in [4.78, 5) is 9.77. The lowest BCUT2D eigenvalue weighted by Crippen LogP contribution is -2.21. The van der Waals surface area contributed by atoms with Gasteiger partial charge in [0.05, 0.1) is 12.7 Å². The van der Waals surface area contributed by atoms with E-state index >= 15 is 0 Å². The van der Waals surface area contributed by atoms with Crippen LogP contribution in [0.4, 0.5) is 0 Å². The Morgan fingerprint density at radius 3 is 1.64 bits per heavy atom. The third-order valence-electron chi connectivity index (χ3n) is 4.63. The van der Waals surface area contributed by atoms with Crippen LogP contribution < -0.4 is 0 Å². The largest absolute Gasteiger partial charge is 0.206 e. The number of rotatable bonds is 15. The first-order valence-corrected chi connectivity index (χ1v) is 9.88. The summed E-state index contributed by atoms with van der Waals surface area (Å²) < 4.78 is 0. The first-order chi connectivity index (χ1) is 10.9. The van der Waals surface area contributed by atoms with Gasteiger partial charge in [-0.1, -0.05) is 102 Å². The van der Waals surface area contributed by atoms with Gasteiger partial charge in [-0.2, -0.15) is 0 Å². The second kappa shape index (κ2) is 15.8. The third-order valence-corrected chi connectivity index (χ3v) is 4.63.